The standard InChI is InChI=1S/C14H13BrO2S/c1-10-7-12(15)8-11(9-16)14(10)17-5-4-13-3-2-6-18-13/h2-3,6-9H,4-5H2,1H3. The second kappa shape index (κ2) is 6.16. The molecule has 0 unspecified atom stereocenters. The maximum atomic E-state index is 11.0. The van der Waals surface area contributed by atoms with Gasteiger partial charge in [-0.3, -0.25) is 4.79 Å². The van der Waals surface area contributed by atoms with Crippen molar-refractivity contribution in [2.75, 3.05) is 6.61 Å². The van der Waals surface area contributed by atoms with Crippen LogP contribution in [0.2, 0.25) is 0 Å². The normalized spacial score (nSPS) is 10.3. The highest BCUT2D eigenvalue weighted by molar-refractivity contribution is 9.10. The Morgan fingerprint density at radius 3 is 2.94 bits per heavy atom. The molecule has 4 heteroatoms. The first-order valence-electron chi connectivity index (χ1n) is 5.61. The van der Waals surface area contributed by atoms with Crippen molar-refractivity contribution in [2.24, 2.45) is 0 Å². The van der Waals surface area contributed by atoms with Gasteiger partial charge in [-0.15, -0.1) is 11.3 Å². The lowest BCUT2D eigenvalue weighted by Crippen LogP contribution is -2.04. The molecule has 0 aliphatic carbocycles. The molecule has 2 aromatic rings. The minimum Gasteiger partial charge on any atom is -0.492 e. The number of thiophene rings is 1. The second-order valence-electron chi connectivity index (χ2n) is 3.94. The second-order valence-corrected chi connectivity index (χ2v) is 5.88. The van der Waals surface area contributed by atoms with Gasteiger partial charge in [0, 0.05) is 15.8 Å². The van der Waals surface area contributed by atoms with Gasteiger partial charge in [0.05, 0.1) is 12.2 Å². The average molecular weight is 325 g/mol. The summed E-state index contributed by atoms with van der Waals surface area (Å²) in [6.07, 6.45) is 1.70. The summed E-state index contributed by atoms with van der Waals surface area (Å²) < 4.78 is 6.64. The Morgan fingerprint density at radius 1 is 1.44 bits per heavy atom. The van der Waals surface area contributed by atoms with Gasteiger partial charge in [-0.05, 0) is 36.1 Å². The lowest BCUT2D eigenvalue weighted by atomic mass is 10.1. The van der Waals surface area contributed by atoms with Crippen LogP contribution in [0.3, 0.4) is 0 Å². The lowest BCUT2D eigenvalue weighted by molar-refractivity contribution is 0.111. The molecular weight excluding hydrogens is 312 g/mol. The number of ether oxygens (including phenoxy) is 1. The molecular formula is C14H13BrO2S. The van der Waals surface area contributed by atoms with Crippen molar-refractivity contribution in [3.05, 3.63) is 50.1 Å². The molecule has 2 rings (SSSR count). The van der Waals surface area contributed by atoms with Crippen LogP contribution in [0.15, 0.2) is 34.1 Å². The predicted molar refractivity (Wildman–Crippen MR) is 77.8 cm³/mol. The molecule has 1 aromatic carbocycles. The first-order chi connectivity index (χ1) is 8.70. The summed E-state index contributed by atoms with van der Waals surface area (Å²) in [4.78, 5) is 12.3. The third kappa shape index (κ3) is 3.21. The monoisotopic (exact) mass is 324 g/mol. The Hall–Kier alpha value is -1.13. The summed E-state index contributed by atoms with van der Waals surface area (Å²) in [6.45, 7) is 2.53. The van der Waals surface area contributed by atoms with Crippen molar-refractivity contribution in [1.82, 2.24) is 0 Å². The van der Waals surface area contributed by atoms with Crippen molar-refractivity contribution in [3.8, 4) is 5.75 Å². The van der Waals surface area contributed by atoms with Gasteiger partial charge in [0.1, 0.15) is 5.75 Å². The fraction of sp³-hybridized carbons (Fsp3) is 0.214. The number of aldehydes is 1. The van der Waals surface area contributed by atoms with E-state index in [9.17, 15) is 4.79 Å². The molecule has 2 nitrogen and oxygen atoms in total. The first-order valence-corrected chi connectivity index (χ1v) is 7.28. The van der Waals surface area contributed by atoms with Gasteiger partial charge in [-0.1, -0.05) is 22.0 Å². The smallest absolute Gasteiger partial charge is 0.153 e. The molecule has 0 atom stereocenters. The van der Waals surface area contributed by atoms with E-state index in [1.165, 1.54) is 4.88 Å². The van der Waals surface area contributed by atoms with Crippen molar-refractivity contribution in [1.29, 1.82) is 0 Å². The highest BCUT2D eigenvalue weighted by Gasteiger charge is 2.08. The lowest BCUT2D eigenvalue weighted by Gasteiger charge is -2.11. The van der Waals surface area contributed by atoms with Crippen LogP contribution in [0.25, 0.3) is 0 Å². The maximum absolute atomic E-state index is 11.0. The Bertz CT molecular complexity index is 535. The van der Waals surface area contributed by atoms with Crippen molar-refractivity contribution in [3.63, 3.8) is 0 Å². The molecule has 0 fully saturated rings. The van der Waals surface area contributed by atoms with Crippen molar-refractivity contribution in [2.45, 2.75) is 13.3 Å². The van der Waals surface area contributed by atoms with Crippen LogP contribution < -0.4 is 4.74 Å². The fourth-order valence-corrected chi connectivity index (χ4v) is 3.03. The summed E-state index contributed by atoms with van der Waals surface area (Å²) >= 11 is 5.09. The number of halogens is 1. The van der Waals surface area contributed by atoms with Gasteiger partial charge in [0.2, 0.25) is 0 Å². The van der Waals surface area contributed by atoms with E-state index in [1.54, 1.807) is 17.4 Å². The number of hydrogen-bond donors (Lipinski definition) is 0. The van der Waals surface area contributed by atoms with Gasteiger partial charge in [-0.25, -0.2) is 0 Å². The van der Waals surface area contributed by atoms with E-state index < -0.39 is 0 Å². The van der Waals surface area contributed by atoms with Crippen molar-refractivity contribution >= 4 is 33.6 Å². The molecule has 0 radical (unpaired) electrons. The topological polar surface area (TPSA) is 26.3 Å². The molecule has 0 saturated carbocycles. The molecule has 0 N–H and O–H groups in total. The molecule has 0 aliphatic rings. The zero-order valence-electron chi connectivity index (χ0n) is 9.98. The number of carbonyl (C=O) groups is 1. The Balaban J connectivity index is 2.06. The Labute approximate surface area is 119 Å². The molecule has 0 spiro atoms. The molecule has 94 valence electrons. The molecule has 1 heterocycles. The van der Waals surface area contributed by atoms with Crippen LogP contribution in [0.5, 0.6) is 5.75 Å². The zero-order valence-corrected chi connectivity index (χ0v) is 12.4. The molecule has 0 bridgehead atoms. The first kappa shape index (κ1) is 13.3. The SMILES string of the molecule is Cc1cc(Br)cc(C=O)c1OCCc1cccs1. The third-order valence-electron chi connectivity index (χ3n) is 2.57. The van der Waals surface area contributed by atoms with Gasteiger partial charge in [0.25, 0.3) is 0 Å². The molecule has 18 heavy (non-hydrogen) atoms. The van der Waals surface area contributed by atoms with E-state index in [4.69, 9.17) is 4.74 Å². The quantitative estimate of drug-likeness (QED) is 0.768. The third-order valence-corrected chi connectivity index (χ3v) is 3.96. The van der Waals surface area contributed by atoms with Gasteiger partial charge < -0.3 is 4.74 Å². The molecule has 0 amide bonds. The van der Waals surface area contributed by atoms with E-state index in [0.29, 0.717) is 17.9 Å². The van der Waals surface area contributed by atoms with E-state index >= 15 is 0 Å². The van der Waals surface area contributed by atoms with Crippen molar-refractivity contribution < 1.29 is 9.53 Å². The van der Waals surface area contributed by atoms with Crippen LogP contribution in [0.4, 0.5) is 0 Å². The van der Waals surface area contributed by atoms with Gasteiger partial charge in [-0.2, -0.15) is 0 Å². The molecule has 0 saturated heterocycles. The van der Waals surface area contributed by atoms with E-state index in [1.807, 2.05) is 19.1 Å². The van der Waals surface area contributed by atoms with Crippen LogP contribution in [-0.2, 0) is 6.42 Å². The predicted octanol–water partition coefficient (Wildman–Crippen LogP) is 4.25. The largest absolute Gasteiger partial charge is 0.492 e. The summed E-state index contributed by atoms with van der Waals surface area (Å²) in [5, 5.41) is 2.05. The molecule has 0 aliphatic heterocycles. The Morgan fingerprint density at radius 2 is 2.28 bits per heavy atom. The van der Waals surface area contributed by atoms with Gasteiger partial charge >= 0.3 is 0 Å². The summed E-state index contributed by atoms with van der Waals surface area (Å²) in [6, 6.07) is 7.85. The number of carbonyl (C=O) groups excluding carboxylic acids is 1. The highest BCUT2D eigenvalue weighted by Crippen LogP contribution is 2.27. The van der Waals surface area contributed by atoms with Crippen LogP contribution >= 0.6 is 27.3 Å². The summed E-state index contributed by atoms with van der Waals surface area (Å²) in [5.74, 6) is 0.685. The zero-order chi connectivity index (χ0) is 13.0. The Kier molecular flexibility index (Phi) is 4.55. The number of hydrogen-bond acceptors (Lipinski definition) is 3. The van der Waals surface area contributed by atoms with E-state index in [2.05, 4.69) is 27.4 Å². The van der Waals surface area contributed by atoms with E-state index in [0.717, 1.165) is 22.7 Å². The maximum Gasteiger partial charge on any atom is 0.153 e. The van der Waals surface area contributed by atoms with Gasteiger partial charge in [0.15, 0.2) is 6.29 Å². The molecule has 1 aromatic heterocycles. The minimum absolute atomic E-state index is 0.587. The summed E-state index contributed by atoms with van der Waals surface area (Å²) in [7, 11) is 0. The van der Waals surface area contributed by atoms with Crippen LogP contribution in [0.1, 0.15) is 20.8 Å². The average Bonchev–Trinajstić information content (AvgIpc) is 2.84. The van der Waals surface area contributed by atoms with E-state index in [-0.39, 0.29) is 0 Å². The number of aryl methyl sites for hydroxylation is 1. The highest BCUT2D eigenvalue weighted by atomic mass is 79.9. The minimum atomic E-state index is 0.587. The van der Waals surface area contributed by atoms with Crippen LogP contribution in [0, 0.1) is 6.92 Å². The number of benzene rings is 1. The summed E-state index contributed by atoms with van der Waals surface area (Å²) in [5.41, 5.74) is 1.56. The van der Waals surface area contributed by atoms with Crippen LogP contribution in [-0.4, -0.2) is 12.9 Å². The fourth-order valence-electron chi connectivity index (χ4n) is 1.75. The number of rotatable bonds is 5.